The summed E-state index contributed by atoms with van der Waals surface area (Å²) in [7, 11) is 0. The summed E-state index contributed by atoms with van der Waals surface area (Å²) in [5.74, 6) is -1.54. The zero-order chi connectivity index (χ0) is 13.8. The highest BCUT2D eigenvalue weighted by Crippen LogP contribution is 2.26. The maximum atomic E-state index is 13.5. The van der Waals surface area contributed by atoms with Crippen molar-refractivity contribution in [3.05, 3.63) is 47.2 Å². The maximum absolute atomic E-state index is 13.5. The summed E-state index contributed by atoms with van der Waals surface area (Å²) in [6.07, 6.45) is 2.52. The van der Waals surface area contributed by atoms with Crippen LogP contribution >= 0.6 is 11.6 Å². The van der Waals surface area contributed by atoms with Crippen LogP contribution < -0.4 is 5.32 Å². The van der Waals surface area contributed by atoms with E-state index in [4.69, 9.17) is 11.6 Å². The third-order valence-electron chi connectivity index (χ3n) is 2.48. The second-order valence-electron chi connectivity index (χ2n) is 4.01. The van der Waals surface area contributed by atoms with Crippen molar-refractivity contribution in [2.24, 2.45) is 0 Å². The summed E-state index contributed by atoms with van der Waals surface area (Å²) in [6.45, 7) is 0.336. The fraction of sp³-hybridized carbons (Fsp3) is 0.250. The molecule has 0 aliphatic rings. The van der Waals surface area contributed by atoms with Gasteiger partial charge < -0.3 is 10.4 Å². The molecule has 19 heavy (non-hydrogen) atoms. The molecule has 0 amide bonds. The predicted molar refractivity (Wildman–Crippen MR) is 68.1 cm³/mol. The Morgan fingerprint density at radius 2 is 2.21 bits per heavy atom. The smallest absolute Gasteiger partial charge is 0.150 e. The molecule has 102 valence electrons. The van der Waals surface area contributed by atoms with Crippen molar-refractivity contribution in [3.8, 4) is 0 Å². The molecule has 0 bridgehead atoms. The molecule has 4 nitrogen and oxygen atoms in total. The first-order valence-corrected chi connectivity index (χ1v) is 5.98. The zero-order valence-corrected chi connectivity index (χ0v) is 10.6. The maximum Gasteiger partial charge on any atom is 0.150 e. The minimum Gasteiger partial charge on any atom is -0.389 e. The molecule has 0 saturated carbocycles. The lowest BCUT2D eigenvalue weighted by Gasteiger charge is -2.14. The monoisotopic (exact) mass is 287 g/mol. The van der Waals surface area contributed by atoms with Crippen LogP contribution in [0.15, 0.2) is 30.6 Å². The molecule has 1 aromatic carbocycles. The minimum atomic E-state index is -0.795. The van der Waals surface area contributed by atoms with Crippen molar-refractivity contribution in [1.82, 2.24) is 9.78 Å². The number of aliphatic hydroxyl groups is 1. The number of hydrogen-bond donors (Lipinski definition) is 2. The van der Waals surface area contributed by atoms with E-state index < -0.39 is 17.7 Å². The molecule has 0 saturated heterocycles. The zero-order valence-electron chi connectivity index (χ0n) is 9.85. The Morgan fingerprint density at radius 3 is 2.84 bits per heavy atom. The van der Waals surface area contributed by atoms with E-state index in [9.17, 15) is 13.9 Å². The lowest BCUT2D eigenvalue weighted by molar-refractivity contribution is 0.161. The summed E-state index contributed by atoms with van der Waals surface area (Å²) in [4.78, 5) is 0. The van der Waals surface area contributed by atoms with Crippen LogP contribution in [0.2, 0.25) is 5.02 Å². The predicted octanol–water partition coefficient (Wildman–Crippen LogP) is 2.29. The number of aromatic nitrogens is 2. The second kappa shape index (κ2) is 5.99. The van der Waals surface area contributed by atoms with E-state index in [0.29, 0.717) is 0 Å². The van der Waals surface area contributed by atoms with Crippen LogP contribution in [0.5, 0.6) is 0 Å². The highest BCUT2D eigenvalue weighted by atomic mass is 35.5. The van der Waals surface area contributed by atoms with E-state index in [1.54, 1.807) is 23.1 Å². The van der Waals surface area contributed by atoms with E-state index in [1.165, 1.54) is 0 Å². The van der Waals surface area contributed by atoms with Gasteiger partial charge >= 0.3 is 0 Å². The van der Waals surface area contributed by atoms with Gasteiger partial charge in [0.25, 0.3) is 0 Å². The number of benzene rings is 1. The Hall–Kier alpha value is -1.66. The number of halogens is 3. The number of nitrogens with zero attached hydrogens (tertiary/aromatic N) is 2. The largest absolute Gasteiger partial charge is 0.389 e. The number of rotatable bonds is 5. The van der Waals surface area contributed by atoms with Crippen LogP contribution in [0.3, 0.4) is 0 Å². The van der Waals surface area contributed by atoms with Gasteiger partial charge in [0.15, 0.2) is 5.82 Å². The molecule has 1 atom stereocenters. The highest BCUT2D eigenvalue weighted by Gasteiger charge is 2.12. The molecule has 0 aliphatic carbocycles. The topological polar surface area (TPSA) is 50.1 Å². The van der Waals surface area contributed by atoms with E-state index in [2.05, 4.69) is 10.4 Å². The molecular weight excluding hydrogens is 276 g/mol. The van der Waals surface area contributed by atoms with Crippen LogP contribution in [-0.2, 0) is 6.54 Å². The summed E-state index contributed by atoms with van der Waals surface area (Å²) in [6, 6.07) is 3.47. The van der Waals surface area contributed by atoms with Gasteiger partial charge in [-0.1, -0.05) is 11.6 Å². The fourth-order valence-electron chi connectivity index (χ4n) is 1.62. The Labute approximate surface area is 113 Å². The van der Waals surface area contributed by atoms with Crippen LogP contribution in [-0.4, -0.2) is 27.5 Å². The average molecular weight is 288 g/mol. The van der Waals surface area contributed by atoms with Crippen LogP contribution in [0.25, 0.3) is 0 Å². The summed E-state index contributed by atoms with van der Waals surface area (Å²) < 4.78 is 27.8. The quantitative estimate of drug-likeness (QED) is 0.887. The minimum absolute atomic E-state index is 0.0254. The summed E-state index contributed by atoms with van der Waals surface area (Å²) in [5.41, 5.74) is -0.0254. The number of anilines is 1. The van der Waals surface area contributed by atoms with E-state index in [0.717, 1.165) is 12.1 Å². The molecule has 1 aromatic heterocycles. The first-order valence-electron chi connectivity index (χ1n) is 5.60. The van der Waals surface area contributed by atoms with E-state index >= 15 is 0 Å². The van der Waals surface area contributed by atoms with Crippen molar-refractivity contribution in [1.29, 1.82) is 0 Å². The normalized spacial score (nSPS) is 12.4. The molecular formula is C12H12ClF2N3O. The molecule has 0 radical (unpaired) electrons. The lowest BCUT2D eigenvalue weighted by Crippen LogP contribution is -2.25. The Kier molecular flexibility index (Phi) is 4.34. The molecule has 0 aliphatic heterocycles. The first-order chi connectivity index (χ1) is 9.06. The van der Waals surface area contributed by atoms with Gasteiger partial charge in [0, 0.05) is 25.0 Å². The lowest BCUT2D eigenvalue weighted by atomic mass is 10.2. The second-order valence-corrected chi connectivity index (χ2v) is 4.41. The van der Waals surface area contributed by atoms with Gasteiger partial charge in [-0.15, -0.1) is 0 Å². The van der Waals surface area contributed by atoms with E-state index in [1.807, 2.05) is 0 Å². The summed E-state index contributed by atoms with van der Waals surface area (Å²) >= 11 is 5.72. The Morgan fingerprint density at radius 1 is 1.42 bits per heavy atom. The van der Waals surface area contributed by atoms with Crippen molar-refractivity contribution in [2.75, 3.05) is 11.9 Å². The summed E-state index contributed by atoms with van der Waals surface area (Å²) in [5, 5.41) is 16.3. The third-order valence-corrected chi connectivity index (χ3v) is 2.78. The van der Waals surface area contributed by atoms with Crippen molar-refractivity contribution in [2.45, 2.75) is 12.6 Å². The van der Waals surface area contributed by atoms with Gasteiger partial charge in [-0.2, -0.15) is 5.10 Å². The molecule has 0 spiro atoms. The van der Waals surface area contributed by atoms with Gasteiger partial charge in [0.1, 0.15) is 5.82 Å². The number of aliphatic hydroxyl groups excluding tert-OH is 1. The van der Waals surface area contributed by atoms with Gasteiger partial charge in [0.05, 0.1) is 23.4 Å². The molecule has 1 heterocycles. The molecule has 2 aromatic rings. The molecule has 2 N–H and O–H groups in total. The molecule has 1 unspecified atom stereocenters. The fourth-order valence-corrected chi connectivity index (χ4v) is 1.88. The molecule has 7 heteroatoms. The standard InChI is InChI=1S/C12H12ClF2N3O/c13-10-4-8(14)5-11(15)12(10)16-6-9(19)7-18-3-1-2-17-18/h1-5,9,16,19H,6-7H2. The van der Waals surface area contributed by atoms with Crippen molar-refractivity contribution in [3.63, 3.8) is 0 Å². The number of nitrogens with one attached hydrogen (secondary N) is 1. The SMILES string of the molecule is OC(CNc1c(F)cc(F)cc1Cl)Cn1cccn1. The van der Waals surface area contributed by atoms with Crippen LogP contribution in [0.1, 0.15) is 0 Å². The third kappa shape index (κ3) is 3.65. The Bertz CT molecular complexity index is 525. The van der Waals surface area contributed by atoms with Gasteiger partial charge in [0.2, 0.25) is 0 Å². The van der Waals surface area contributed by atoms with Crippen molar-refractivity contribution >= 4 is 17.3 Å². The molecule has 2 rings (SSSR count). The van der Waals surface area contributed by atoms with Gasteiger partial charge in [-0.05, 0) is 12.1 Å². The molecule has 0 fully saturated rings. The number of hydrogen-bond acceptors (Lipinski definition) is 3. The Balaban J connectivity index is 1.95. The van der Waals surface area contributed by atoms with Crippen molar-refractivity contribution < 1.29 is 13.9 Å². The van der Waals surface area contributed by atoms with Gasteiger partial charge in [-0.3, -0.25) is 4.68 Å². The van der Waals surface area contributed by atoms with Crippen LogP contribution in [0, 0.1) is 11.6 Å². The van der Waals surface area contributed by atoms with Gasteiger partial charge in [-0.25, -0.2) is 8.78 Å². The first kappa shape index (κ1) is 13.8. The van der Waals surface area contributed by atoms with Crippen LogP contribution in [0.4, 0.5) is 14.5 Å². The average Bonchev–Trinajstić information content (AvgIpc) is 2.80. The highest BCUT2D eigenvalue weighted by molar-refractivity contribution is 6.33. The van der Waals surface area contributed by atoms with E-state index in [-0.39, 0.29) is 23.8 Å².